The predicted octanol–water partition coefficient (Wildman–Crippen LogP) is 1.40. The van der Waals surface area contributed by atoms with Crippen LogP contribution in [0.4, 0.5) is 0 Å². The molecule has 8 heteroatoms. The van der Waals surface area contributed by atoms with Gasteiger partial charge in [-0.1, -0.05) is 13.8 Å². The van der Waals surface area contributed by atoms with Gasteiger partial charge in [0.05, 0.1) is 17.0 Å². The molecule has 152 valence electrons. The molecule has 1 amide bonds. The lowest BCUT2D eigenvalue weighted by Crippen LogP contribution is -2.50. The summed E-state index contributed by atoms with van der Waals surface area (Å²) in [6, 6.07) is 0.239. The fourth-order valence-corrected chi connectivity index (χ4v) is 3.65. The Morgan fingerprint density at radius 3 is 2.27 bits per heavy atom. The number of guanidine groups is 1. The van der Waals surface area contributed by atoms with E-state index in [1.54, 1.807) is 20.8 Å². The van der Waals surface area contributed by atoms with Crippen molar-refractivity contribution in [2.24, 2.45) is 10.9 Å². The molecule has 1 saturated heterocycles. The Labute approximate surface area is 158 Å². The van der Waals surface area contributed by atoms with Crippen LogP contribution in [0.2, 0.25) is 0 Å². The quantitative estimate of drug-likeness (QED) is 0.530. The van der Waals surface area contributed by atoms with Crippen LogP contribution in [0.25, 0.3) is 0 Å². The normalized spacial score (nSPS) is 17.5. The van der Waals surface area contributed by atoms with E-state index in [4.69, 9.17) is 0 Å². The molecule has 1 aliphatic heterocycles. The molecular formula is C18H36N4O3S. The molecule has 1 fully saturated rings. The average molecular weight is 389 g/mol. The van der Waals surface area contributed by atoms with Crippen molar-refractivity contribution >= 4 is 21.7 Å². The molecule has 0 saturated carbocycles. The molecular weight excluding hydrogens is 352 g/mol. The highest BCUT2D eigenvalue weighted by Crippen LogP contribution is 2.16. The van der Waals surface area contributed by atoms with E-state index in [-0.39, 0.29) is 30.2 Å². The van der Waals surface area contributed by atoms with Crippen LogP contribution in [0.3, 0.4) is 0 Å². The fourth-order valence-electron chi connectivity index (χ4n) is 2.71. The monoisotopic (exact) mass is 388 g/mol. The van der Waals surface area contributed by atoms with Crippen molar-refractivity contribution in [1.82, 2.24) is 15.5 Å². The molecule has 2 N–H and O–H groups in total. The summed E-state index contributed by atoms with van der Waals surface area (Å²) in [5.74, 6) is 0.916. The molecule has 0 atom stereocenters. The van der Waals surface area contributed by atoms with Crippen LogP contribution in [0.5, 0.6) is 0 Å². The SMILES string of the molecule is CCNC(=NCCS(=O)(=O)C(C)(C)C)NC1CCN(C(=O)C(C)C)CC1. The first-order chi connectivity index (χ1) is 12.0. The number of nitrogens with one attached hydrogen (secondary N) is 2. The van der Waals surface area contributed by atoms with Gasteiger partial charge in [0, 0.05) is 31.6 Å². The number of likely N-dealkylation sites (tertiary alicyclic amines) is 1. The van der Waals surface area contributed by atoms with Gasteiger partial charge in [-0.2, -0.15) is 0 Å². The Bertz CT molecular complexity index is 586. The minimum absolute atomic E-state index is 0.0307. The van der Waals surface area contributed by atoms with Crippen molar-refractivity contribution in [2.75, 3.05) is 31.9 Å². The number of piperidine rings is 1. The van der Waals surface area contributed by atoms with Crippen molar-refractivity contribution in [2.45, 2.75) is 65.2 Å². The summed E-state index contributed by atoms with van der Waals surface area (Å²) in [6.45, 7) is 13.4. The van der Waals surface area contributed by atoms with Gasteiger partial charge in [-0.3, -0.25) is 9.79 Å². The predicted molar refractivity (Wildman–Crippen MR) is 107 cm³/mol. The lowest BCUT2D eigenvalue weighted by molar-refractivity contribution is -0.135. The lowest BCUT2D eigenvalue weighted by Gasteiger charge is -2.34. The van der Waals surface area contributed by atoms with E-state index in [9.17, 15) is 13.2 Å². The minimum atomic E-state index is -3.17. The van der Waals surface area contributed by atoms with Gasteiger partial charge in [0.15, 0.2) is 15.8 Å². The van der Waals surface area contributed by atoms with Gasteiger partial charge in [0.2, 0.25) is 5.91 Å². The molecule has 1 aliphatic rings. The molecule has 26 heavy (non-hydrogen) atoms. The number of rotatable bonds is 6. The summed E-state index contributed by atoms with van der Waals surface area (Å²) in [6.07, 6.45) is 1.73. The van der Waals surface area contributed by atoms with Crippen molar-refractivity contribution in [3.8, 4) is 0 Å². The summed E-state index contributed by atoms with van der Waals surface area (Å²) in [7, 11) is -3.17. The van der Waals surface area contributed by atoms with Crippen LogP contribution >= 0.6 is 0 Å². The Balaban J connectivity index is 2.57. The number of nitrogens with zero attached hydrogens (tertiary/aromatic N) is 2. The van der Waals surface area contributed by atoms with Crippen molar-refractivity contribution < 1.29 is 13.2 Å². The topological polar surface area (TPSA) is 90.9 Å². The van der Waals surface area contributed by atoms with Gasteiger partial charge in [0.1, 0.15) is 0 Å². The Morgan fingerprint density at radius 1 is 1.23 bits per heavy atom. The molecule has 0 aromatic carbocycles. The number of carbonyl (C=O) groups is 1. The van der Waals surface area contributed by atoms with Gasteiger partial charge >= 0.3 is 0 Å². The first-order valence-electron chi connectivity index (χ1n) is 9.54. The number of hydrogen-bond donors (Lipinski definition) is 2. The van der Waals surface area contributed by atoms with E-state index in [0.29, 0.717) is 12.5 Å². The lowest BCUT2D eigenvalue weighted by atomic mass is 10.0. The van der Waals surface area contributed by atoms with Gasteiger partial charge in [-0.05, 0) is 40.5 Å². The highest BCUT2D eigenvalue weighted by atomic mass is 32.2. The molecule has 0 aromatic rings. The molecule has 1 rings (SSSR count). The zero-order valence-corrected chi connectivity index (χ0v) is 17.9. The van der Waals surface area contributed by atoms with Crippen molar-refractivity contribution in [1.29, 1.82) is 0 Å². The summed E-state index contributed by atoms with van der Waals surface area (Å²) < 4.78 is 23.6. The standard InChI is InChI=1S/C18H36N4O3S/c1-7-19-17(20-10-13-26(24,25)18(4,5)6)21-15-8-11-22(12-9-15)16(23)14(2)3/h14-15H,7-13H2,1-6H3,(H2,19,20,21). The molecule has 0 aliphatic carbocycles. The van der Waals surface area contributed by atoms with Crippen LogP contribution in [-0.4, -0.2) is 67.9 Å². The summed E-state index contributed by atoms with van der Waals surface area (Å²) in [4.78, 5) is 18.4. The smallest absolute Gasteiger partial charge is 0.225 e. The third kappa shape index (κ3) is 6.78. The summed E-state index contributed by atoms with van der Waals surface area (Å²) in [5, 5.41) is 6.55. The molecule has 7 nitrogen and oxygen atoms in total. The molecule has 0 bridgehead atoms. The van der Waals surface area contributed by atoms with Crippen LogP contribution in [0.1, 0.15) is 54.4 Å². The largest absolute Gasteiger partial charge is 0.357 e. The summed E-state index contributed by atoms with van der Waals surface area (Å²) in [5.41, 5.74) is 0. The first kappa shape index (κ1) is 22.7. The average Bonchev–Trinajstić information content (AvgIpc) is 2.53. The fraction of sp³-hybridized carbons (Fsp3) is 0.889. The van der Waals surface area contributed by atoms with E-state index in [2.05, 4.69) is 15.6 Å². The van der Waals surface area contributed by atoms with Crippen LogP contribution in [0.15, 0.2) is 4.99 Å². The van der Waals surface area contributed by atoms with Gasteiger partial charge in [-0.25, -0.2) is 8.42 Å². The second kappa shape index (κ2) is 9.58. The van der Waals surface area contributed by atoms with E-state index >= 15 is 0 Å². The molecule has 1 heterocycles. The summed E-state index contributed by atoms with van der Waals surface area (Å²) >= 11 is 0. The number of amides is 1. The maximum atomic E-state index is 12.2. The maximum absolute atomic E-state index is 12.2. The number of carbonyl (C=O) groups excluding carboxylic acids is 1. The highest BCUT2D eigenvalue weighted by molar-refractivity contribution is 7.92. The van der Waals surface area contributed by atoms with Crippen LogP contribution < -0.4 is 10.6 Å². The third-order valence-electron chi connectivity index (χ3n) is 4.55. The van der Waals surface area contributed by atoms with E-state index in [1.807, 2.05) is 25.7 Å². The number of hydrogen-bond acceptors (Lipinski definition) is 4. The van der Waals surface area contributed by atoms with Crippen molar-refractivity contribution in [3.63, 3.8) is 0 Å². The van der Waals surface area contributed by atoms with Crippen LogP contribution in [0, 0.1) is 5.92 Å². The van der Waals surface area contributed by atoms with Crippen LogP contribution in [-0.2, 0) is 14.6 Å². The molecule has 0 unspecified atom stereocenters. The molecule has 0 aromatic heterocycles. The first-order valence-corrected chi connectivity index (χ1v) is 11.2. The Kier molecular flexibility index (Phi) is 8.37. The van der Waals surface area contributed by atoms with E-state index < -0.39 is 14.6 Å². The van der Waals surface area contributed by atoms with Gasteiger partial charge in [0.25, 0.3) is 0 Å². The second-order valence-corrected chi connectivity index (χ2v) is 11.0. The van der Waals surface area contributed by atoms with E-state index in [1.165, 1.54) is 0 Å². The van der Waals surface area contributed by atoms with Gasteiger partial charge in [-0.15, -0.1) is 0 Å². The zero-order valence-electron chi connectivity index (χ0n) is 17.1. The van der Waals surface area contributed by atoms with Gasteiger partial charge < -0.3 is 15.5 Å². The second-order valence-electron chi connectivity index (χ2n) is 8.09. The Morgan fingerprint density at radius 2 is 1.81 bits per heavy atom. The maximum Gasteiger partial charge on any atom is 0.225 e. The minimum Gasteiger partial charge on any atom is -0.357 e. The molecule has 0 radical (unpaired) electrons. The van der Waals surface area contributed by atoms with E-state index in [0.717, 1.165) is 25.9 Å². The highest BCUT2D eigenvalue weighted by Gasteiger charge is 2.28. The number of sulfone groups is 1. The number of aliphatic imine (C=N–C) groups is 1. The third-order valence-corrected chi connectivity index (χ3v) is 7.13. The molecule has 0 spiro atoms. The van der Waals surface area contributed by atoms with Crippen molar-refractivity contribution in [3.05, 3.63) is 0 Å². The zero-order chi connectivity index (χ0) is 20.0. The Hall–Kier alpha value is -1.31.